The number of carbonyl (C=O) groups excluding carboxylic acids is 1. The van der Waals surface area contributed by atoms with Gasteiger partial charge in [0.25, 0.3) is 16.0 Å². The molecule has 1 aliphatic rings. The smallest absolute Gasteiger partial charge is 0.280 e. The van der Waals surface area contributed by atoms with E-state index in [1.54, 1.807) is 12.1 Å². The lowest BCUT2D eigenvalue weighted by molar-refractivity contribution is 0.100. The van der Waals surface area contributed by atoms with Crippen LogP contribution in [0.3, 0.4) is 0 Å². The largest absolute Gasteiger partial charge is 0.370 e. The Bertz CT molecular complexity index is 967. The number of anilines is 1. The van der Waals surface area contributed by atoms with E-state index in [9.17, 15) is 21.6 Å². The second-order valence-corrected chi connectivity index (χ2v) is 10.5. The first-order chi connectivity index (χ1) is 13.1. The normalized spacial score (nSPS) is 19.7. The van der Waals surface area contributed by atoms with E-state index in [1.165, 1.54) is 6.07 Å². The van der Waals surface area contributed by atoms with Crippen LogP contribution in [0.15, 0.2) is 28.1 Å². The second-order valence-electron chi connectivity index (χ2n) is 7.07. The molecule has 1 amide bonds. The van der Waals surface area contributed by atoms with Crippen molar-refractivity contribution in [2.75, 3.05) is 17.4 Å². The first kappa shape index (κ1) is 24.9. The SMILES string of the molecule is CS(=O)(=O)O.C[C@@H]1CCC[C@H](C)N1c1ccc(C(=O)N=C(N)N)cc1S(C)(=O)=O. The van der Waals surface area contributed by atoms with E-state index in [0.717, 1.165) is 25.5 Å². The van der Waals surface area contributed by atoms with Crippen molar-refractivity contribution in [3.05, 3.63) is 23.8 Å². The maximum absolute atomic E-state index is 12.3. The minimum atomic E-state index is -3.67. The zero-order valence-electron chi connectivity index (χ0n) is 16.9. The van der Waals surface area contributed by atoms with Crippen molar-refractivity contribution < 1.29 is 26.2 Å². The third-order valence-electron chi connectivity index (χ3n) is 4.31. The van der Waals surface area contributed by atoms with E-state index in [0.29, 0.717) is 11.9 Å². The highest BCUT2D eigenvalue weighted by Gasteiger charge is 2.29. The molecule has 0 aliphatic carbocycles. The molecule has 1 aromatic rings. The Labute approximate surface area is 171 Å². The van der Waals surface area contributed by atoms with Gasteiger partial charge in [0.2, 0.25) is 0 Å². The first-order valence-corrected chi connectivity index (χ1v) is 12.5. The van der Waals surface area contributed by atoms with Gasteiger partial charge in [-0.25, -0.2) is 8.42 Å². The zero-order valence-corrected chi connectivity index (χ0v) is 18.5. The molecule has 29 heavy (non-hydrogen) atoms. The highest BCUT2D eigenvalue weighted by Crippen LogP contribution is 2.34. The van der Waals surface area contributed by atoms with Crippen molar-refractivity contribution in [1.82, 2.24) is 0 Å². The van der Waals surface area contributed by atoms with Gasteiger partial charge in [-0.1, -0.05) is 0 Å². The number of carbonyl (C=O) groups is 1. The number of nitrogens with two attached hydrogens (primary N) is 2. The van der Waals surface area contributed by atoms with Crippen LogP contribution in [0, 0.1) is 0 Å². The third kappa shape index (κ3) is 7.99. The number of piperidine rings is 1. The minimum absolute atomic E-state index is 0.125. The lowest BCUT2D eigenvalue weighted by atomic mass is 9.96. The molecule has 1 aromatic carbocycles. The number of nitrogens with zero attached hydrogens (tertiary/aromatic N) is 2. The van der Waals surface area contributed by atoms with Gasteiger partial charge in [-0.15, -0.1) is 0 Å². The monoisotopic (exact) mass is 448 g/mol. The molecule has 2 rings (SSSR count). The Balaban J connectivity index is 0.000000749. The summed E-state index contributed by atoms with van der Waals surface area (Å²) in [6.45, 7) is 4.17. The predicted molar refractivity (Wildman–Crippen MR) is 112 cm³/mol. The van der Waals surface area contributed by atoms with Crippen LogP contribution in [0.4, 0.5) is 5.69 Å². The maximum Gasteiger partial charge on any atom is 0.280 e. The molecule has 0 aromatic heterocycles. The van der Waals surface area contributed by atoms with Crippen LogP contribution in [0.1, 0.15) is 43.5 Å². The summed E-state index contributed by atoms with van der Waals surface area (Å²) in [6, 6.07) is 5.05. The fraction of sp³-hybridized carbons (Fsp3) is 0.529. The molecule has 0 saturated carbocycles. The van der Waals surface area contributed by atoms with Gasteiger partial charge < -0.3 is 16.4 Å². The topological polar surface area (TPSA) is 173 Å². The van der Waals surface area contributed by atoms with Crippen LogP contribution < -0.4 is 16.4 Å². The van der Waals surface area contributed by atoms with E-state index >= 15 is 0 Å². The molecule has 164 valence electrons. The molecule has 10 nitrogen and oxygen atoms in total. The van der Waals surface area contributed by atoms with Gasteiger partial charge in [0.15, 0.2) is 15.8 Å². The van der Waals surface area contributed by atoms with Crippen LogP contribution in [0.5, 0.6) is 0 Å². The lowest BCUT2D eigenvalue weighted by Gasteiger charge is -2.41. The number of aliphatic imine (C=N–C) groups is 1. The summed E-state index contributed by atoms with van der Waals surface area (Å²) in [6.07, 6.45) is 4.98. The molecule has 0 bridgehead atoms. The van der Waals surface area contributed by atoms with E-state index in [2.05, 4.69) is 23.7 Å². The number of hydrogen-bond acceptors (Lipinski definition) is 6. The van der Waals surface area contributed by atoms with Gasteiger partial charge >= 0.3 is 0 Å². The van der Waals surface area contributed by atoms with Crippen molar-refractivity contribution in [2.24, 2.45) is 16.5 Å². The number of sulfone groups is 1. The van der Waals surface area contributed by atoms with Crippen LogP contribution >= 0.6 is 0 Å². The molecule has 1 saturated heterocycles. The zero-order chi connectivity index (χ0) is 22.6. The molecule has 0 radical (unpaired) electrons. The second kappa shape index (κ2) is 9.55. The Morgan fingerprint density at radius 2 is 1.59 bits per heavy atom. The number of rotatable bonds is 3. The fourth-order valence-corrected chi connectivity index (χ4v) is 4.13. The number of guanidine groups is 1. The van der Waals surface area contributed by atoms with Crippen molar-refractivity contribution in [1.29, 1.82) is 0 Å². The van der Waals surface area contributed by atoms with Crippen molar-refractivity contribution in [3.63, 3.8) is 0 Å². The molecule has 1 heterocycles. The van der Waals surface area contributed by atoms with Crippen LogP contribution in [0.2, 0.25) is 0 Å². The van der Waals surface area contributed by atoms with Gasteiger partial charge in [0, 0.05) is 23.9 Å². The van der Waals surface area contributed by atoms with Gasteiger partial charge in [-0.2, -0.15) is 13.4 Å². The van der Waals surface area contributed by atoms with Crippen molar-refractivity contribution in [2.45, 2.75) is 50.1 Å². The average Bonchev–Trinajstić information content (AvgIpc) is 2.51. The molecule has 0 spiro atoms. The lowest BCUT2D eigenvalue weighted by Crippen LogP contribution is -2.44. The third-order valence-corrected chi connectivity index (χ3v) is 5.43. The number of hydrogen-bond donors (Lipinski definition) is 3. The molecule has 2 atom stereocenters. The van der Waals surface area contributed by atoms with Crippen molar-refractivity contribution in [3.8, 4) is 0 Å². The molecule has 0 unspecified atom stereocenters. The maximum atomic E-state index is 12.3. The Kier molecular flexibility index (Phi) is 8.18. The van der Waals surface area contributed by atoms with Gasteiger partial charge in [-0.3, -0.25) is 9.35 Å². The van der Waals surface area contributed by atoms with Crippen LogP contribution in [-0.2, 0) is 20.0 Å². The number of benzene rings is 1. The quantitative estimate of drug-likeness (QED) is 0.343. The van der Waals surface area contributed by atoms with E-state index < -0.39 is 25.9 Å². The van der Waals surface area contributed by atoms with E-state index in [-0.39, 0.29) is 28.5 Å². The molecule has 1 aliphatic heterocycles. The highest BCUT2D eigenvalue weighted by atomic mass is 32.2. The van der Waals surface area contributed by atoms with E-state index in [4.69, 9.17) is 16.0 Å². The van der Waals surface area contributed by atoms with Gasteiger partial charge in [0.1, 0.15) is 0 Å². The van der Waals surface area contributed by atoms with Crippen LogP contribution in [-0.4, -0.2) is 57.9 Å². The molecular formula is C17H28N4O6S2. The number of amides is 1. The molecule has 5 N–H and O–H groups in total. The molecule has 12 heteroatoms. The van der Waals surface area contributed by atoms with Crippen molar-refractivity contribution >= 4 is 37.5 Å². The van der Waals surface area contributed by atoms with Crippen LogP contribution in [0.25, 0.3) is 0 Å². The standard InChI is InChI=1S/C16H24N4O3S.CH4O3S/c1-10-5-4-6-11(2)20(10)13-8-7-12(15(21)19-16(17)18)9-14(13)24(3,22)23;1-5(2,3)4/h7-11H,4-6H2,1-3H3,(H4,17,18,19,21);1H3,(H,2,3,4)/t10-,11+;. The summed E-state index contributed by atoms with van der Waals surface area (Å²) in [4.78, 5) is 17.7. The van der Waals surface area contributed by atoms with E-state index in [1.807, 2.05) is 0 Å². The minimum Gasteiger partial charge on any atom is -0.370 e. The Morgan fingerprint density at radius 3 is 2.00 bits per heavy atom. The average molecular weight is 449 g/mol. The summed E-state index contributed by atoms with van der Waals surface area (Å²) < 4.78 is 50.4. The summed E-state index contributed by atoms with van der Waals surface area (Å²) in [7, 11) is -7.19. The highest BCUT2D eigenvalue weighted by molar-refractivity contribution is 7.90. The summed E-state index contributed by atoms with van der Waals surface area (Å²) in [5.74, 6) is -1.02. The Hall–Kier alpha value is -2.18. The molecular weight excluding hydrogens is 420 g/mol. The summed E-state index contributed by atoms with van der Waals surface area (Å²) >= 11 is 0. The fourth-order valence-electron chi connectivity index (χ4n) is 3.24. The predicted octanol–water partition coefficient (Wildman–Crippen LogP) is 0.775. The first-order valence-electron chi connectivity index (χ1n) is 8.80. The Morgan fingerprint density at radius 1 is 1.10 bits per heavy atom. The molecule has 1 fully saturated rings. The van der Waals surface area contributed by atoms with Gasteiger partial charge in [-0.05, 0) is 51.3 Å². The summed E-state index contributed by atoms with van der Waals surface area (Å²) in [5, 5.41) is 0. The van der Waals surface area contributed by atoms with Gasteiger partial charge in [0.05, 0.1) is 16.8 Å². The summed E-state index contributed by atoms with van der Waals surface area (Å²) in [5.41, 5.74) is 11.2.